The van der Waals surface area contributed by atoms with Crippen molar-refractivity contribution in [2.45, 2.75) is 33.1 Å². The second kappa shape index (κ2) is 8.42. The van der Waals surface area contributed by atoms with E-state index in [4.69, 9.17) is 5.11 Å². The maximum atomic E-state index is 12.1. The molecule has 1 aromatic rings. The van der Waals surface area contributed by atoms with E-state index < -0.39 is 11.8 Å². The third kappa shape index (κ3) is 4.56. The van der Waals surface area contributed by atoms with Crippen LogP contribution < -0.4 is 5.32 Å². The van der Waals surface area contributed by atoms with E-state index in [1.165, 1.54) is 4.90 Å². The normalized spacial score (nSPS) is 11.8. The molecule has 5 nitrogen and oxygen atoms in total. The molecule has 0 saturated carbocycles. The molecule has 1 atom stereocenters. The van der Waals surface area contributed by atoms with Crippen LogP contribution in [0.2, 0.25) is 0 Å². The van der Waals surface area contributed by atoms with Gasteiger partial charge >= 0.3 is 11.8 Å². The zero-order chi connectivity index (χ0) is 15.8. The lowest BCUT2D eigenvalue weighted by molar-refractivity contribution is -0.143. The Morgan fingerprint density at radius 3 is 2.52 bits per heavy atom. The zero-order valence-corrected chi connectivity index (χ0v) is 12.9. The molecule has 0 saturated heterocycles. The van der Waals surface area contributed by atoms with E-state index in [0.29, 0.717) is 18.2 Å². The number of aliphatic hydroxyl groups excluding tert-OH is 1. The molecule has 21 heavy (non-hydrogen) atoms. The number of amides is 2. The number of para-hydroxylation sites is 1. The van der Waals surface area contributed by atoms with Crippen molar-refractivity contribution >= 4 is 17.5 Å². The van der Waals surface area contributed by atoms with E-state index in [2.05, 4.69) is 19.2 Å². The van der Waals surface area contributed by atoms with Crippen LogP contribution in [0.1, 0.15) is 38.7 Å². The van der Waals surface area contributed by atoms with Gasteiger partial charge in [-0.05, 0) is 30.9 Å². The number of hydrogen-bond acceptors (Lipinski definition) is 3. The van der Waals surface area contributed by atoms with E-state index in [1.54, 1.807) is 13.0 Å². The number of hydrogen-bond donors (Lipinski definition) is 2. The Balaban J connectivity index is 2.86. The van der Waals surface area contributed by atoms with Crippen LogP contribution in [0.4, 0.5) is 5.69 Å². The lowest BCUT2D eigenvalue weighted by Crippen LogP contribution is -2.41. The average Bonchev–Trinajstić information content (AvgIpc) is 2.51. The van der Waals surface area contributed by atoms with Crippen molar-refractivity contribution in [3.05, 3.63) is 29.8 Å². The number of carbonyl (C=O) groups is 2. The van der Waals surface area contributed by atoms with Crippen LogP contribution in [0, 0.1) is 0 Å². The fourth-order valence-electron chi connectivity index (χ4n) is 2.10. The Labute approximate surface area is 126 Å². The van der Waals surface area contributed by atoms with Gasteiger partial charge in [0.1, 0.15) is 0 Å². The first-order chi connectivity index (χ1) is 10.0. The van der Waals surface area contributed by atoms with Crippen molar-refractivity contribution < 1.29 is 14.7 Å². The van der Waals surface area contributed by atoms with Gasteiger partial charge in [-0.3, -0.25) is 9.59 Å². The second-order valence-corrected chi connectivity index (χ2v) is 4.96. The number of anilines is 1. The summed E-state index contributed by atoms with van der Waals surface area (Å²) in [6.07, 6.45) is 0.951. The standard InChI is InChI=1S/C16H24N2O3/c1-4-12(3)13-8-6-7-9-14(13)17-15(20)16(21)18(5-2)10-11-19/h6-9,12,19H,4-5,10-11H2,1-3H3,(H,17,20). The van der Waals surface area contributed by atoms with Crippen molar-refractivity contribution in [3.63, 3.8) is 0 Å². The predicted octanol–water partition coefficient (Wildman–Crippen LogP) is 1.98. The summed E-state index contributed by atoms with van der Waals surface area (Å²) in [7, 11) is 0. The van der Waals surface area contributed by atoms with Crippen LogP contribution in [0.5, 0.6) is 0 Å². The molecule has 0 aliphatic carbocycles. The molecule has 2 amide bonds. The first-order valence-electron chi connectivity index (χ1n) is 7.35. The number of nitrogens with zero attached hydrogens (tertiary/aromatic N) is 1. The number of aliphatic hydroxyl groups is 1. The minimum Gasteiger partial charge on any atom is -0.395 e. The SMILES string of the molecule is CCC(C)c1ccccc1NC(=O)C(=O)N(CC)CCO. The summed E-state index contributed by atoms with van der Waals surface area (Å²) in [5.41, 5.74) is 1.69. The van der Waals surface area contributed by atoms with Crippen LogP contribution in [-0.2, 0) is 9.59 Å². The third-order valence-electron chi connectivity index (χ3n) is 3.59. The van der Waals surface area contributed by atoms with E-state index in [0.717, 1.165) is 12.0 Å². The molecule has 0 spiro atoms. The molecule has 1 unspecified atom stereocenters. The maximum absolute atomic E-state index is 12.1. The monoisotopic (exact) mass is 292 g/mol. The highest BCUT2D eigenvalue weighted by atomic mass is 16.3. The van der Waals surface area contributed by atoms with Gasteiger partial charge < -0.3 is 15.3 Å². The highest BCUT2D eigenvalue weighted by Crippen LogP contribution is 2.26. The fraction of sp³-hybridized carbons (Fsp3) is 0.500. The van der Waals surface area contributed by atoms with Crippen molar-refractivity contribution in [2.24, 2.45) is 0 Å². The molecule has 0 aliphatic heterocycles. The number of benzene rings is 1. The number of carbonyl (C=O) groups excluding carboxylic acids is 2. The van der Waals surface area contributed by atoms with E-state index >= 15 is 0 Å². The van der Waals surface area contributed by atoms with Gasteiger partial charge in [0, 0.05) is 18.8 Å². The van der Waals surface area contributed by atoms with Crippen LogP contribution in [0.15, 0.2) is 24.3 Å². The first-order valence-corrected chi connectivity index (χ1v) is 7.35. The topological polar surface area (TPSA) is 69.6 Å². The predicted molar refractivity (Wildman–Crippen MR) is 83.1 cm³/mol. The Bertz CT molecular complexity index is 488. The summed E-state index contributed by atoms with van der Waals surface area (Å²) in [5, 5.41) is 11.6. The minimum atomic E-state index is -0.666. The van der Waals surface area contributed by atoms with Gasteiger partial charge in [-0.25, -0.2) is 0 Å². The summed E-state index contributed by atoms with van der Waals surface area (Å²) in [6, 6.07) is 7.51. The Kier molecular flexibility index (Phi) is 6.88. The van der Waals surface area contributed by atoms with E-state index in [9.17, 15) is 9.59 Å². The first kappa shape index (κ1) is 17.2. The van der Waals surface area contributed by atoms with Crippen molar-refractivity contribution in [1.29, 1.82) is 0 Å². The van der Waals surface area contributed by atoms with Crippen molar-refractivity contribution in [2.75, 3.05) is 25.0 Å². The van der Waals surface area contributed by atoms with Crippen molar-refractivity contribution in [3.8, 4) is 0 Å². The maximum Gasteiger partial charge on any atom is 0.313 e. The molecule has 0 fully saturated rings. The minimum absolute atomic E-state index is 0.156. The average molecular weight is 292 g/mol. The molecule has 0 heterocycles. The third-order valence-corrected chi connectivity index (χ3v) is 3.59. The Morgan fingerprint density at radius 2 is 1.95 bits per heavy atom. The van der Waals surface area contributed by atoms with Crippen molar-refractivity contribution in [1.82, 2.24) is 4.90 Å². The lowest BCUT2D eigenvalue weighted by atomic mass is 9.97. The number of nitrogens with one attached hydrogen (secondary N) is 1. The van der Waals surface area contributed by atoms with Crippen LogP contribution in [-0.4, -0.2) is 41.5 Å². The van der Waals surface area contributed by atoms with Crippen LogP contribution >= 0.6 is 0 Å². The van der Waals surface area contributed by atoms with Gasteiger partial charge in [-0.15, -0.1) is 0 Å². The van der Waals surface area contributed by atoms with Gasteiger partial charge in [0.15, 0.2) is 0 Å². The smallest absolute Gasteiger partial charge is 0.313 e. The fourth-order valence-corrected chi connectivity index (χ4v) is 2.10. The number of likely N-dealkylation sites (N-methyl/N-ethyl adjacent to an activating group) is 1. The molecule has 5 heteroatoms. The van der Waals surface area contributed by atoms with Gasteiger partial charge in [0.05, 0.1) is 6.61 Å². The summed E-state index contributed by atoms with van der Waals surface area (Å²) >= 11 is 0. The molecule has 0 bridgehead atoms. The van der Waals surface area contributed by atoms with Gasteiger partial charge in [0.2, 0.25) is 0 Å². The quantitative estimate of drug-likeness (QED) is 0.788. The number of rotatable bonds is 6. The highest BCUT2D eigenvalue weighted by Gasteiger charge is 2.21. The Hall–Kier alpha value is -1.88. The van der Waals surface area contributed by atoms with E-state index in [-0.39, 0.29) is 13.2 Å². The molecular weight excluding hydrogens is 268 g/mol. The molecule has 2 N–H and O–H groups in total. The zero-order valence-electron chi connectivity index (χ0n) is 12.9. The molecular formula is C16H24N2O3. The molecule has 116 valence electrons. The highest BCUT2D eigenvalue weighted by molar-refractivity contribution is 6.39. The largest absolute Gasteiger partial charge is 0.395 e. The molecule has 0 radical (unpaired) electrons. The summed E-state index contributed by atoms with van der Waals surface area (Å²) < 4.78 is 0. The summed E-state index contributed by atoms with van der Waals surface area (Å²) in [4.78, 5) is 25.4. The molecule has 1 rings (SSSR count). The molecule has 0 aliphatic rings. The van der Waals surface area contributed by atoms with Gasteiger partial charge in [0.25, 0.3) is 0 Å². The Morgan fingerprint density at radius 1 is 1.29 bits per heavy atom. The second-order valence-electron chi connectivity index (χ2n) is 4.96. The van der Waals surface area contributed by atoms with Gasteiger partial charge in [-0.1, -0.05) is 32.0 Å². The summed E-state index contributed by atoms with van der Waals surface area (Å²) in [5.74, 6) is -0.983. The molecule has 1 aromatic carbocycles. The van der Waals surface area contributed by atoms with Crippen LogP contribution in [0.3, 0.4) is 0 Å². The van der Waals surface area contributed by atoms with Crippen LogP contribution in [0.25, 0.3) is 0 Å². The lowest BCUT2D eigenvalue weighted by Gasteiger charge is -2.20. The van der Waals surface area contributed by atoms with E-state index in [1.807, 2.05) is 18.2 Å². The molecule has 0 aromatic heterocycles. The van der Waals surface area contributed by atoms with Gasteiger partial charge in [-0.2, -0.15) is 0 Å². The summed E-state index contributed by atoms with van der Waals surface area (Å²) in [6.45, 7) is 6.32.